The summed E-state index contributed by atoms with van der Waals surface area (Å²) in [6.45, 7) is 1.87. The van der Waals surface area contributed by atoms with Crippen LogP contribution in [0.15, 0.2) is 48.7 Å². The Morgan fingerprint density at radius 3 is 2.61 bits per heavy atom. The molecule has 0 bridgehead atoms. The maximum Gasteiger partial charge on any atom is 0.314 e. The number of aromatic nitrogens is 2. The number of fused-ring (bicyclic) bond motifs is 1. The van der Waals surface area contributed by atoms with Crippen molar-refractivity contribution in [1.82, 2.24) is 9.97 Å². The number of carboxylic acid groups (broad SMARTS) is 1. The van der Waals surface area contributed by atoms with E-state index in [-0.39, 0.29) is 5.78 Å². The third-order valence-electron chi connectivity index (χ3n) is 5.13. The Kier molecular flexibility index (Phi) is 6.58. The molecule has 0 aliphatic heterocycles. The van der Waals surface area contributed by atoms with Crippen LogP contribution in [0.4, 0.5) is 0 Å². The van der Waals surface area contributed by atoms with Gasteiger partial charge in [-0.15, -0.1) is 0 Å². The number of rotatable bonds is 10. The van der Waals surface area contributed by atoms with Gasteiger partial charge < -0.3 is 10.1 Å². The molecule has 0 saturated carbocycles. The number of hydrogen-bond acceptors (Lipinski definition) is 3. The number of unbranched alkanes of at least 4 members (excludes halogenated alkanes) is 2. The molecule has 0 aliphatic rings. The predicted octanol–water partition coefficient (Wildman–Crippen LogP) is 5.33. The topological polar surface area (TPSA) is 83.1 Å². The Hall–Kier alpha value is -2.95. The summed E-state index contributed by atoms with van der Waals surface area (Å²) in [6.07, 6.45) is 5.81. The summed E-state index contributed by atoms with van der Waals surface area (Å²) in [6, 6.07) is 14.3. The standard InChI is InChI=1S/C23H26N2O3/c1-2-19(26)10-4-3-5-11-20(23(27)28)22-24-15-21(25-22)18-13-12-16-8-6-7-9-17(16)14-18/h6-9,12-15,20H,2-5,10-11H2,1H3,(H,24,25)(H,27,28). The van der Waals surface area contributed by atoms with Crippen LogP contribution in [0.3, 0.4) is 0 Å². The fourth-order valence-corrected chi connectivity index (χ4v) is 3.42. The van der Waals surface area contributed by atoms with Gasteiger partial charge in [0.25, 0.3) is 0 Å². The number of ketones is 1. The lowest BCUT2D eigenvalue weighted by Gasteiger charge is -2.09. The molecule has 2 aromatic carbocycles. The second-order valence-corrected chi connectivity index (χ2v) is 7.13. The zero-order valence-corrected chi connectivity index (χ0v) is 16.1. The number of imidazole rings is 1. The molecule has 3 aromatic rings. The highest BCUT2D eigenvalue weighted by Crippen LogP contribution is 2.26. The summed E-state index contributed by atoms with van der Waals surface area (Å²) in [4.78, 5) is 30.6. The maximum atomic E-state index is 11.7. The summed E-state index contributed by atoms with van der Waals surface area (Å²) in [5.74, 6) is -0.777. The molecule has 5 heteroatoms. The number of aromatic amines is 1. The van der Waals surface area contributed by atoms with Gasteiger partial charge in [-0.3, -0.25) is 9.59 Å². The molecule has 28 heavy (non-hydrogen) atoms. The molecule has 1 heterocycles. The van der Waals surface area contributed by atoms with E-state index in [2.05, 4.69) is 34.2 Å². The molecule has 0 amide bonds. The van der Waals surface area contributed by atoms with E-state index in [0.29, 0.717) is 25.1 Å². The molecule has 5 nitrogen and oxygen atoms in total. The quantitative estimate of drug-likeness (QED) is 0.467. The lowest BCUT2D eigenvalue weighted by molar-refractivity contribution is -0.139. The van der Waals surface area contributed by atoms with Crippen molar-refractivity contribution >= 4 is 22.5 Å². The number of carbonyl (C=O) groups excluding carboxylic acids is 1. The van der Waals surface area contributed by atoms with Gasteiger partial charge in [-0.2, -0.15) is 0 Å². The molecule has 0 fully saturated rings. The van der Waals surface area contributed by atoms with Crippen LogP contribution in [0.2, 0.25) is 0 Å². The van der Waals surface area contributed by atoms with Crippen LogP contribution in [0, 0.1) is 0 Å². The molecule has 0 radical (unpaired) electrons. The van der Waals surface area contributed by atoms with Gasteiger partial charge in [0.15, 0.2) is 0 Å². The van der Waals surface area contributed by atoms with Crippen molar-refractivity contribution in [2.45, 2.75) is 51.4 Å². The number of benzene rings is 2. The fraction of sp³-hybridized carbons (Fsp3) is 0.348. The second kappa shape index (κ2) is 9.31. The first-order valence-corrected chi connectivity index (χ1v) is 9.87. The van der Waals surface area contributed by atoms with Gasteiger partial charge in [0.1, 0.15) is 17.5 Å². The van der Waals surface area contributed by atoms with E-state index >= 15 is 0 Å². The van der Waals surface area contributed by atoms with Crippen molar-refractivity contribution in [2.75, 3.05) is 0 Å². The summed E-state index contributed by atoms with van der Waals surface area (Å²) < 4.78 is 0. The summed E-state index contributed by atoms with van der Waals surface area (Å²) in [7, 11) is 0. The van der Waals surface area contributed by atoms with Crippen molar-refractivity contribution < 1.29 is 14.7 Å². The fourth-order valence-electron chi connectivity index (χ4n) is 3.42. The third kappa shape index (κ3) is 4.85. The van der Waals surface area contributed by atoms with Crippen LogP contribution in [0.5, 0.6) is 0 Å². The molecule has 0 spiro atoms. The first-order chi connectivity index (χ1) is 13.6. The molecule has 1 unspecified atom stereocenters. The normalized spacial score (nSPS) is 12.2. The Bertz CT molecular complexity index is 961. The number of Topliss-reactive ketones (excluding diaryl/α,β-unsaturated/α-hetero) is 1. The highest BCUT2D eigenvalue weighted by molar-refractivity contribution is 5.86. The third-order valence-corrected chi connectivity index (χ3v) is 5.13. The van der Waals surface area contributed by atoms with E-state index < -0.39 is 11.9 Å². The second-order valence-electron chi connectivity index (χ2n) is 7.13. The summed E-state index contributed by atoms with van der Waals surface area (Å²) in [5.41, 5.74) is 1.81. The van der Waals surface area contributed by atoms with E-state index in [1.807, 2.05) is 25.1 Å². The van der Waals surface area contributed by atoms with Crippen LogP contribution in [0.25, 0.3) is 22.0 Å². The summed E-state index contributed by atoms with van der Waals surface area (Å²) >= 11 is 0. The number of aliphatic carboxylic acids is 1. The molecular weight excluding hydrogens is 352 g/mol. The minimum absolute atomic E-state index is 0.265. The van der Waals surface area contributed by atoms with Crippen molar-refractivity contribution in [3.05, 3.63) is 54.5 Å². The van der Waals surface area contributed by atoms with Gasteiger partial charge in [0, 0.05) is 18.4 Å². The van der Waals surface area contributed by atoms with Gasteiger partial charge >= 0.3 is 5.97 Å². The SMILES string of the molecule is CCC(=O)CCCCCC(C(=O)O)c1ncc(-c2ccc3ccccc3c2)[nH]1. The monoisotopic (exact) mass is 378 g/mol. The van der Waals surface area contributed by atoms with Crippen LogP contribution in [0.1, 0.15) is 57.2 Å². The number of carbonyl (C=O) groups is 2. The van der Waals surface area contributed by atoms with E-state index in [0.717, 1.165) is 41.3 Å². The minimum atomic E-state index is -0.871. The molecule has 2 N–H and O–H groups in total. The number of H-pyrrole nitrogens is 1. The average molecular weight is 378 g/mol. The smallest absolute Gasteiger partial charge is 0.314 e. The zero-order chi connectivity index (χ0) is 19.9. The highest BCUT2D eigenvalue weighted by atomic mass is 16.4. The minimum Gasteiger partial charge on any atom is -0.481 e. The number of carboxylic acids is 1. The van der Waals surface area contributed by atoms with Crippen LogP contribution in [-0.4, -0.2) is 26.8 Å². The maximum absolute atomic E-state index is 11.7. The first kappa shape index (κ1) is 19.8. The zero-order valence-electron chi connectivity index (χ0n) is 16.1. The Morgan fingerprint density at radius 2 is 1.86 bits per heavy atom. The van der Waals surface area contributed by atoms with E-state index in [1.165, 1.54) is 0 Å². The van der Waals surface area contributed by atoms with Crippen molar-refractivity contribution in [1.29, 1.82) is 0 Å². The Labute approximate surface area is 164 Å². The van der Waals surface area contributed by atoms with Crippen LogP contribution < -0.4 is 0 Å². The van der Waals surface area contributed by atoms with Gasteiger partial charge in [-0.1, -0.05) is 56.2 Å². The van der Waals surface area contributed by atoms with Gasteiger partial charge in [-0.05, 0) is 29.7 Å². The number of hydrogen-bond donors (Lipinski definition) is 2. The lowest BCUT2D eigenvalue weighted by atomic mass is 9.99. The predicted molar refractivity (Wildman–Crippen MR) is 110 cm³/mol. The van der Waals surface area contributed by atoms with E-state index in [1.54, 1.807) is 6.20 Å². The van der Waals surface area contributed by atoms with Gasteiger partial charge in [0.05, 0.1) is 11.9 Å². The van der Waals surface area contributed by atoms with Crippen molar-refractivity contribution in [2.24, 2.45) is 0 Å². The summed E-state index contributed by atoms with van der Waals surface area (Å²) in [5, 5.41) is 11.9. The van der Waals surface area contributed by atoms with E-state index in [9.17, 15) is 14.7 Å². The average Bonchev–Trinajstić information content (AvgIpc) is 3.19. The molecule has 3 rings (SSSR count). The number of nitrogens with zero attached hydrogens (tertiary/aromatic N) is 1. The van der Waals surface area contributed by atoms with Crippen molar-refractivity contribution in [3.8, 4) is 11.3 Å². The Balaban J connectivity index is 1.66. The van der Waals surface area contributed by atoms with Crippen LogP contribution >= 0.6 is 0 Å². The van der Waals surface area contributed by atoms with E-state index in [4.69, 9.17) is 0 Å². The molecule has 1 atom stereocenters. The van der Waals surface area contributed by atoms with Gasteiger partial charge in [0.2, 0.25) is 0 Å². The number of nitrogens with one attached hydrogen (secondary N) is 1. The Morgan fingerprint density at radius 1 is 1.07 bits per heavy atom. The lowest BCUT2D eigenvalue weighted by Crippen LogP contribution is -2.13. The largest absolute Gasteiger partial charge is 0.481 e. The molecule has 0 saturated heterocycles. The molecule has 1 aromatic heterocycles. The molecule has 0 aliphatic carbocycles. The van der Waals surface area contributed by atoms with Crippen molar-refractivity contribution in [3.63, 3.8) is 0 Å². The first-order valence-electron chi connectivity index (χ1n) is 9.87. The van der Waals surface area contributed by atoms with Crippen LogP contribution in [-0.2, 0) is 9.59 Å². The molecular formula is C23H26N2O3. The highest BCUT2D eigenvalue weighted by Gasteiger charge is 2.22. The molecule has 146 valence electrons. The van der Waals surface area contributed by atoms with Gasteiger partial charge in [-0.25, -0.2) is 4.98 Å².